The predicted octanol–water partition coefficient (Wildman–Crippen LogP) is 0.615. The van der Waals surface area contributed by atoms with E-state index in [9.17, 15) is 22.0 Å². The molecule has 1 aliphatic rings. The zero-order chi connectivity index (χ0) is 15.8. The van der Waals surface area contributed by atoms with Gasteiger partial charge >= 0.3 is 0 Å². The van der Waals surface area contributed by atoms with Crippen molar-refractivity contribution in [3.63, 3.8) is 0 Å². The van der Waals surface area contributed by atoms with Gasteiger partial charge in [-0.05, 0) is 0 Å². The summed E-state index contributed by atoms with van der Waals surface area (Å²) >= 11 is 0. The monoisotopic (exact) mass is 320 g/mol. The second kappa shape index (κ2) is 5.57. The molecule has 0 bridgehead atoms. The number of carbonyl (C=O) groups is 1. The first-order valence-electron chi connectivity index (χ1n) is 6.05. The zero-order valence-corrected chi connectivity index (χ0v) is 12.0. The van der Waals surface area contributed by atoms with Gasteiger partial charge in [0.05, 0.1) is 12.9 Å². The summed E-state index contributed by atoms with van der Waals surface area (Å²) in [7, 11) is -2.49. The molecule has 0 saturated carbocycles. The van der Waals surface area contributed by atoms with Gasteiger partial charge < -0.3 is 9.64 Å². The lowest BCUT2D eigenvalue weighted by Crippen LogP contribution is -2.28. The number of nitrogens with two attached hydrogens (primary N) is 1. The van der Waals surface area contributed by atoms with Crippen LogP contribution >= 0.6 is 0 Å². The summed E-state index contributed by atoms with van der Waals surface area (Å²) in [4.78, 5) is 12.8. The molecule has 0 aromatic heterocycles. The van der Waals surface area contributed by atoms with Gasteiger partial charge in [-0.25, -0.2) is 22.3 Å². The second-order valence-corrected chi connectivity index (χ2v) is 6.50. The molecular weight excluding hydrogens is 306 g/mol. The Morgan fingerprint density at radius 1 is 1.38 bits per heavy atom. The minimum atomic E-state index is -3.75. The van der Waals surface area contributed by atoms with Crippen molar-refractivity contribution in [1.82, 2.24) is 0 Å². The number of sulfonamides is 1. The lowest BCUT2D eigenvalue weighted by atomic mass is 10.1. The van der Waals surface area contributed by atoms with Crippen LogP contribution in [0.2, 0.25) is 0 Å². The molecule has 2 N–H and O–H groups in total. The molecule has 1 aliphatic heterocycles. The SMILES string of the molecule is COc1cc(F)c(N2CC(CS(N)(=O)=O)CC2=O)c(F)c1. The number of primary sulfonamides is 1. The van der Waals surface area contributed by atoms with Crippen molar-refractivity contribution in [1.29, 1.82) is 0 Å². The number of methoxy groups -OCH3 is 1. The number of benzene rings is 1. The van der Waals surface area contributed by atoms with Crippen LogP contribution in [0, 0.1) is 17.6 Å². The fourth-order valence-corrected chi connectivity index (χ4v) is 3.24. The van der Waals surface area contributed by atoms with Gasteiger partial charge in [0.25, 0.3) is 0 Å². The summed E-state index contributed by atoms with van der Waals surface area (Å²) in [6.45, 7) is -0.102. The molecule has 1 atom stereocenters. The summed E-state index contributed by atoms with van der Waals surface area (Å²) in [6, 6.07) is 1.91. The number of hydrogen-bond acceptors (Lipinski definition) is 4. The lowest BCUT2D eigenvalue weighted by molar-refractivity contribution is -0.117. The number of carbonyl (C=O) groups excluding carboxylic acids is 1. The minimum Gasteiger partial charge on any atom is -0.497 e. The summed E-state index contributed by atoms with van der Waals surface area (Å²) in [5.74, 6) is -3.45. The smallest absolute Gasteiger partial charge is 0.227 e. The lowest BCUT2D eigenvalue weighted by Gasteiger charge is -2.18. The van der Waals surface area contributed by atoms with E-state index in [1.807, 2.05) is 0 Å². The van der Waals surface area contributed by atoms with Crippen LogP contribution in [0.4, 0.5) is 14.5 Å². The van der Waals surface area contributed by atoms with Gasteiger partial charge in [0, 0.05) is 31.0 Å². The Balaban J connectivity index is 2.29. The van der Waals surface area contributed by atoms with Crippen molar-refractivity contribution in [2.24, 2.45) is 11.1 Å². The van der Waals surface area contributed by atoms with Gasteiger partial charge in [-0.2, -0.15) is 0 Å². The molecule has 6 nitrogen and oxygen atoms in total. The van der Waals surface area contributed by atoms with Crippen LogP contribution in [0.5, 0.6) is 5.75 Å². The fourth-order valence-electron chi connectivity index (χ4n) is 2.36. The average Bonchev–Trinajstić information content (AvgIpc) is 2.66. The van der Waals surface area contributed by atoms with E-state index in [1.54, 1.807) is 0 Å². The van der Waals surface area contributed by atoms with Crippen LogP contribution in [0.25, 0.3) is 0 Å². The minimum absolute atomic E-state index is 0.0125. The highest BCUT2D eigenvalue weighted by Crippen LogP contribution is 2.32. The molecule has 1 amide bonds. The molecule has 2 rings (SSSR count). The quantitative estimate of drug-likeness (QED) is 0.880. The third-order valence-corrected chi connectivity index (χ3v) is 4.11. The summed E-state index contributed by atoms with van der Waals surface area (Å²) < 4.78 is 54.7. The predicted molar refractivity (Wildman–Crippen MR) is 71.3 cm³/mol. The van der Waals surface area contributed by atoms with Gasteiger partial charge in [-0.3, -0.25) is 4.79 Å². The standard InChI is InChI=1S/C12H14F2N2O4S/c1-20-8-3-9(13)12(10(14)4-8)16-5-7(2-11(16)17)6-21(15,18)19/h3-4,7H,2,5-6H2,1H3,(H2,15,18,19). The molecule has 1 saturated heterocycles. The van der Waals surface area contributed by atoms with Crippen LogP contribution in [-0.4, -0.2) is 33.7 Å². The number of amides is 1. The first kappa shape index (κ1) is 15.6. The van der Waals surface area contributed by atoms with Gasteiger partial charge in [-0.15, -0.1) is 0 Å². The first-order valence-corrected chi connectivity index (χ1v) is 7.76. The molecule has 9 heteroatoms. The number of halogens is 2. The Morgan fingerprint density at radius 3 is 2.43 bits per heavy atom. The van der Waals surface area contributed by atoms with E-state index < -0.39 is 44.9 Å². The molecule has 1 aromatic carbocycles. The molecule has 1 fully saturated rings. The number of nitrogens with zero attached hydrogens (tertiary/aromatic N) is 1. The highest BCUT2D eigenvalue weighted by molar-refractivity contribution is 7.89. The molecule has 0 radical (unpaired) electrons. The Bertz CT molecular complexity index is 655. The summed E-state index contributed by atoms with van der Waals surface area (Å²) in [6.07, 6.45) is -0.124. The average molecular weight is 320 g/mol. The molecular formula is C12H14F2N2O4S. The first-order chi connectivity index (χ1) is 9.71. The van der Waals surface area contributed by atoms with E-state index in [-0.39, 0.29) is 18.7 Å². The summed E-state index contributed by atoms with van der Waals surface area (Å²) in [5, 5.41) is 4.92. The van der Waals surface area contributed by atoms with Crippen LogP contribution in [0.3, 0.4) is 0 Å². The van der Waals surface area contributed by atoms with Crippen molar-refractivity contribution in [2.45, 2.75) is 6.42 Å². The molecule has 1 unspecified atom stereocenters. The Hall–Kier alpha value is -1.74. The Morgan fingerprint density at radius 2 is 1.95 bits per heavy atom. The topological polar surface area (TPSA) is 89.7 Å². The maximum Gasteiger partial charge on any atom is 0.227 e. The van der Waals surface area contributed by atoms with Crippen molar-refractivity contribution in [3.05, 3.63) is 23.8 Å². The van der Waals surface area contributed by atoms with E-state index in [4.69, 9.17) is 9.88 Å². The van der Waals surface area contributed by atoms with Crippen molar-refractivity contribution in [2.75, 3.05) is 24.3 Å². The maximum absolute atomic E-state index is 13.9. The normalized spacial score (nSPS) is 19.1. The van der Waals surface area contributed by atoms with Gasteiger partial charge in [0.1, 0.15) is 11.4 Å². The number of rotatable bonds is 4. The van der Waals surface area contributed by atoms with Gasteiger partial charge in [0.2, 0.25) is 15.9 Å². The fraction of sp³-hybridized carbons (Fsp3) is 0.417. The highest BCUT2D eigenvalue weighted by Gasteiger charge is 2.35. The molecule has 116 valence electrons. The Labute approximate surface area is 120 Å². The highest BCUT2D eigenvalue weighted by atomic mass is 32.2. The second-order valence-electron chi connectivity index (χ2n) is 4.84. The molecule has 0 aliphatic carbocycles. The Kier molecular flexibility index (Phi) is 4.15. The van der Waals surface area contributed by atoms with E-state index in [2.05, 4.69) is 0 Å². The van der Waals surface area contributed by atoms with Crippen LogP contribution in [-0.2, 0) is 14.8 Å². The third-order valence-electron chi connectivity index (χ3n) is 3.17. The van der Waals surface area contributed by atoms with Crippen LogP contribution in [0.15, 0.2) is 12.1 Å². The van der Waals surface area contributed by atoms with Crippen molar-refractivity contribution < 1.29 is 26.7 Å². The van der Waals surface area contributed by atoms with Crippen LogP contribution < -0.4 is 14.8 Å². The number of ether oxygens (including phenoxy) is 1. The van der Waals surface area contributed by atoms with Gasteiger partial charge in [-0.1, -0.05) is 0 Å². The zero-order valence-electron chi connectivity index (χ0n) is 11.2. The van der Waals surface area contributed by atoms with E-state index in [0.717, 1.165) is 17.0 Å². The van der Waals surface area contributed by atoms with E-state index in [0.29, 0.717) is 0 Å². The maximum atomic E-state index is 13.9. The molecule has 1 heterocycles. The number of anilines is 1. The summed E-state index contributed by atoms with van der Waals surface area (Å²) in [5.41, 5.74) is -0.502. The van der Waals surface area contributed by atoms with E-state index in [1.165, 1.54) is 7.11 Å². The van der Waals surface area contributed by atoms with E-state index >= 15 is 0 Å². The van der Waals surface area contributed by atoms with Crippen molar-refractivity contribution >= 4 is 21.6 Å². The molecule has 0 spiro atoms. The third kappa shape index (κ3) is 3.48. The number of hydrogen-bond donors (Lipinski definition) is 1. The molecule has 1 aromatic rings. The van der Waals surface area contributed by atoms with Crippen molar-refractivity contribution in [3.8, 4) is 5.75 Å². The van der Waals surface area contributed by atoms with Crippen LogP contribution in [0.1, 0.15) is 6.42 Å². The largest absolute Gasteiger partial charge is 0.497 e. The molecule has 21 heavy (non-hydrogen) atoms. The van der Waals surface area contributed by atoms with Gasteiger partial charge in [0.15, 0.2) is 11.6 Å².